The second-order valence-electron chi connectivity index (χ2n) is 4.79. The van der Waals surface area contributed by atoms with Gasteiger partial charge in [0.2, 0.25) is 0 Å². The highest BCUT2D eigenvalue weighted by atomic mass is 28.2. The topological polar surface area (TPSA) is 15.3 Å². The van der Waals surface area contributed by atoms with Gasteiger partial charge in [0.25, 0.3) is 0 Å². The lowest BCUT2D eigenvalue weighted by Crippen LogP contribution is -2.66. The fourth-order valence-corrected chi connectivity index (χ4v) is 2.05. The summed E-state index contributed by atoms with van der Waals surface area (Å²) in [5.41, 5.74) is 0.710. The molecule has 1 N–H and O–H groups in total. The highest BCUT2D eigenvalue weighted by Gasteiger charge is 2.37. The number of rotatable bonds is 0. The summed E-state index contributed by atoms with van der Waals surface area (Å²) in [7, 11) is 1.16. The third kappa shape index (κ3) is 1.66. The van der Waals surface area contributed by atoms with Crippen LogP contribution in [0, 0.1) is 0 Å². The van der Waals surface area contributed by atoms with E-state index in [4.69, 9.17) is 0 Å². The van der Waals surface area contributed by atoms with Crippen LogP contribution in [0.3, 0.4) is 0 Å². The Hall–Kier alpha value is 0.137. The molecular formula is C8H20N2Si. The summed E-state index contributed by atoms with van der Waals surface area (Å²) in [5, 5.41) is 3.48. The van der Waals surface area contributed by atoms with Crippen LogP contribution in [0.25, 0.3) is 0 Å². The molecule has 1 aliphatic heterocycles. The largest absolute Gasteiger partial charge is 0.320 e. The van der Waals surface area contributed by atoms with Gasteiger partial charge in [0.15, 0.2) is 0 Å². The molecule has 11 heavy (non-hydrogen) atoms. The number of nitrogens with one attached hydrogen (secondary N) is 1. The molecule has 0 radical (unpaired) electrons. The van der Waals surface area contributed by atoms with Gasteiger partial charge in [-0.3, -0.25) is 0 Å². The minimum Gasteiger partial charge on any atom is -0.320 e. The lowest BCUT2D eigenvalue weighted by Gasteiger charge is -2.51. The molecule has 66 valence electrons. The van der Waals surface area contributed by atoms with E-state index in [1.807, 2.05) is 0 Å². The van der Waals surface area contributed by atoms with Crippen LogP contribution in [0.15, 0.2) is 0 Å². The summed E-state index contributed by atoms with van der Waals surface area (Å²) >= 11 is 0. The van der Waals surface area contributed by atoms with E-state index in [2.05, 4.69) is 37.6 Å². The van der Waals surface area contributed by atoms with Gasteiger partial charge in [-0.1, -0.05) is 0 Å². The smallest absolute Gasteiger partial charge is 0.0798 e. The predicted molar refractivity (Wildman–Crippen MR) is 52.8 cm³/mol. The Balaban J connectivity index is 2.76. The molecule has 0 aromatic rings. The summed E-state index contributed by atoms with van der Waals surface area (Å²) in [4.78, 5) is 0. The minimum absolute atomic E-state index is 0.355. The standard InChI is InChI=1S/C8H20N2Si/c1-7(2)5-9-6-8(3,4)10(7)11/h9H,5-6H2,1-4,11H3. The van der Waals surface area contributed by atoms with Crippen molar-refractivity contribution in [3.63, 3.8) is 0 Å². The molecule has 1 rings (SSSR count). The molecule has 0 aromatic heterocycles. The van der Waals surface area contributed by atoms with E-state index in [0.717, 1.165) is 23.5 Å². The predicted octanol–water partition coefficient (Wildman–Crippen LogP) is -0.271. The van der Waals surface area contributed by atoms with Crippen LogP contribution < -0.4 is 5.32 Å². The van der Waals surface area contributed by atoms with Crippen LogP contribution >= 0.6 is 0 Å². The van der Waals surface area contributed by atoms with E-state index in [1.54, 1.807) is 0 Å². The SMILES string of the molecule is CC1(C)CNCC(C)(C)N1[SiH3]. The molecule has 2 nitrogen and oxygen atoms in total. The molecule has 0 aromatic carbocycles. The Morgan fingerprint density at radius 2 is 1.45 bits per heavy atom. The second-order valence-corrected chi connectivity index (χ2v) is 5.68. The van der Waals surface area contributed by atoms with E-state index in [1.165, 1.54) is 0 Å². The van der Waals surface area contributed by atoms with Crippen molar-refractivity contribution in [2.24, 2.45) is 0 Å². The number of hydrogen-bond acceptors (Lipinski definition) is 2. The van der Waals surface area contributed by atoms with Crippen LogP contribution in [0.4, 0.5) is 0 Å². The Kier molecular flexibility index (Phi) is 2.16. The Morgan fingerprint density at radius 3 is 1.73 bits per heavy atom. The first kappa shape index (κ1) is 9.23. The Bertz CT molecular complexity index is 138. The van der Waals surface area contributed by atoms with E-state index < -0.39 is 0 Å². The van der Waals surface area contributed by atoms with Gasteiger partial charge in [-0.05, 0) is 27.7 Å². The van der Waals surface area contributed by atoms with Gasteiger partial charge in [0, 0.05) is 24.2 Å². The quantitative estimate of drug-likeness (QED) is 0.506. The van der Waals surface area contributed by atoms with Gasteiger partial charge in [-0.2, -0.15) is 0 Å². The van der Waals surface area contributed by atoms with Gasteiger partial charge in [0.05, 0.1) is 10.4 Å². The fourth-order valence-electron chi connectivity index (χ4n) is 1.73. The molecule has 1 aliphatic rings. The van der Waals surface area contributed by atoms with Crippen molar-refractivity contribution in [1.82, 2.24) is 9.88 Å². The third-order valence-electron chi connectivity index (χ3n) is 2.93. The van der Waals surface area contributed by atoms with E-state index in [0.29, 0.717) is 11.1 Å². The zero-order valence-corrected chi connectivity index (χ0v) is 10.4. The average molecular weight is 172 g/mol. The zero-order chi connectivity index (χ0) is 8.70. The van der Waals surface area contributed by atoms with Crippen LogP contribution in [-0.4, -0.2) is 39.1 Å². The minimum atomic E-state index is 0.355. The zero-order valence-electron chi connectivity index (χ0n) is 8.36. The van der Waals surface area contributed by atoms with Crippen molar-refractivity contribution in [1.29, 1.82) is 0 Å². The Morgan fingerprint density at radius 1 is 1.09 bits per heavy atom. The van der Waals surface area contributed by atoms with Crippen molar-refractivity contribution in [2.75, 3.05) is 13.1 Å². The lowest BCUT2D eigenvalue weighted by molar-refractivity contribution is 0.0740. The Labute approximate surface area is 72.8 Å². The summed E-state index contributed by atoms with van der Waals surface area (Å²) in [6.45, 7) is 11.5. The van der Waals surface area contributed by atoms with Crippen LogP contribution in [0.5, 0.6) is 0 Å². The van der Waals surface area contributed by atoms with Crippen molar-refractivity contribution < 1.29 is 0 Å². The number of hydrogen-bond donors (Lipinski definition) is 1. The molecule has 0 spiro atoms. The number of nitrogens with zero attached hydrogens (tertiary/aromatic N) is 1. The lowest BCUT2D eigenvalue weighted by atomic mass is 9.93. The summed E-state index contributed by atoms with van der Waals surface area (Å²) < 4.78 is 2.59. The van der Waals surface area contributed by atoms with Crippen LogP contribution in [-0.2, 0) is 0 Å². The van der Waals surface area contributed by atoms with Crippen molar-refractivity contribution in [3.8, 4) is 0 Å². The first-order chi connectivity index (χ1) is 4.86. The molecule has 1 saturated heterocycles. The molecule has 0 aliphatic carbocycles. The average Bonchev–Trinajstić information content (AvgIpc) is 1.82. The summed E-state index contributed by atoms with van der Waals surface area (Å²) in [6, 6.07) is 0. The normalized spacial score (nSPS) is 30.5. The highest BCUT2D eigenvalue weighted by molar-refractivity contribution is 6.05. The molecule has 0 atom stereocenters. The van der Waals surface area contributed by atoms with Crippen LogP contribution in [0.2, 0.25) is 0 Å². The molecular weight excluding hydrogens is 152 g/mol. The molecule has 3 heteroatoms. The molecule has 0 amide bonds. The van der Waals surface area contributed by atoms with Gasteiger partial charge in [-0.25, -0.2) is 0 Å². The van der Waals surface area contributed by atoms with Gasteiger partial charge >= 0.3 is 0 Å². The monoisotopic (exact) mass is 172 g/mol. The third-order valence-corrected chi connectivity index (χ3v) is 5.35. The molecule has 0 unspecified atom stereocenters. The van der Waals surface area contributed by atoms with E-state index >= 15 is 0 Å². The van der Waals surface area contributed by atoms with Gasteiger partial charge in [0.1, 0.15) is 0 Å². The maximum atomic E-state index is 3.48. The maximum absolute atomic E-state index is 3.48. The molecule has 0 bridgehead atoms. The first-order valence-corrected chi connectivity index (χ1v) is 5.20. The van der Waals surface area contributed by atoms with E-state index in [-0.39, 0.29) is 0 Å². The molecule has 1 heterocycles. The van der Waals surface area contributed by atoms with E-state index in [9.17, 15) is 0 Å². The van der Waals surface area contributed by atoms with Crippen molar-refractivity contribution >= 4 is 10.4 Å². The van der Waals surface area contributed by atoms with Crippen molar-refractivity contribution in [2.45, 2.75) is 38.8 Å². The first-order valence-electron chi connectivity index (χ1n) is 4.31. The fraction of sp³-hybridized carbons (Fsp3) is 1.00. The molecule has 1 fully saturated rings. The van der Waals surface area contributed by atoms with Gasteiger partial charge in [-0.15, -0.1) is 0 Å². The summed E-state index contributed by atoms with van der Waals surface area (Å²) in [5.74, 6) is 0. The van der Waals surface area contributed by atoms with Gasteiger partial charge < -0.3 is 9.88 Å². The highest BCUT2D eigenvalue weighted by Crippen LogP contribution is 2.24. The number of piperazine rings is 1. The maximum Gasteiger partial charge on any atom is 0.0798 e. The van der Waals surface area contributed by atoms with Crippen molar-refractivity contribution in [3.05, 3.63) is 0 Å². The summed E-state index contributed by atoms with van der Waals surface area (Å²) in [6.07, 6.45) is 0. The second kappa shape index (κ2) is 2.57. The van der Waals surface area contributed by atoms with Crippen LogP contribution in [0.1, 0.15) is 27.7 Å². The molecule has 0 saturated carbocycles.